The lowest BCUT2D eigenvalue weighted by Crippen LogP contribution is -2.60. The highest BCUT2D eigenvalue weighted by atomic mass is 29.2. The van der Waals surface area contributed by atoms with Crippen LogP contribution in [0.5, 0.6) is 0 Å². The summed E-state index contributed by atoms with van der Waals surface area (Å²) in [5, 5.41) is 3.35. The van der Waals surface area contributed by atoms with Crippen LogP contribution in [0.4, 0.5) is 0 Å². The minimum absolute atomic E-state index is 0. The van der Waals surface area contributed by atoms with Crippen molar-refractivity contribution >= 4 is 33.8 Å². The molecule has 1 aliphatic rings. The number of hydrogen-bond acceptors (Lipinski definition) is 7. The smallest absolute Gasteiger partial charge is 0.389 e. The Morgan fingerprint density at radius 1 is 0.935 bits per heavy atom. The van der Waals surface area contributed by atoms with E-state index in [1.807, 2.05) is 6.55 Å². The molecule has 0 unspecified atom stereocenters. The van der Waals surface area contributed by atoms with E-state index in [-0.39, 0.29) is 18.5 Å². The summed E-state index contributed by atoms with van der Waals surface area (Å²) in [6, 6.07) is 1.98. The van der Waals surface area contributed by atoms with Crippen LogP contribution in [0.1, 0.15) is 61.8 Å². The number of hydrogen-bond donors (Lipinski definition) is 1. The second-order valence-corrected chi connectivity index (χ2v) is 21.3. The van der Waals surface area contributed by atoms with Crippen molar-refractivity contribution in [3.05, 3.63) is 0 Å². The lowest BCUT2D eigenvalue weighted by atomic mass is 10.1. The minimum Gasteiger partial charge on any atom is -0.389 e. The van der Waals surface area contributed by atoms with E-state index >= 15 is 0 Å². The summed E-state index contributed by atoms with van der Waals surface area (Å²) in [5.74, 6) is 0. The van der Waals surface area contributed by atoms with Gasteiger partial charge in [-0.05, 0) is 93.2 Å². The van der Waals surface area contributed by atoms with Crippen molar-refractivity contribution in [1.82, 2.24) is 9.88 Å². The molecular formula is C20H50N2O5Si4. The molecule has 11 heteroatoms. The summed E-state index contributed by atoms with van der Waals surface area (Å²) in [6.45, 7) is 20.0. The molecule has 1 fully saturated rings. The Balaban J connectivity index is -0.000000398. The summed E-state index contributed by atoms with van der Waals surface area (Å²) in [7, 11) is -3.01. The van der Waals surface area contributed by atoms with Gasteiger partial charge in [0.15, 0.2) is 0 Å². The third-order valence-electron chi connectivity index (χ3n) is 4.59. The molecule has 0 aromatic heterocycles. The Kier molecular flexibility index (Phi) is 19.2. The molecule has 0 spiro atoms. The second kappa shape index (κ2) is 16.7. The van der Waals surface area contributed by atoms with Crippen molar-refractivity contribution in [2.45, 2.75) is 105 Å². The molecule has 0 amide bonds. The molecule has 186 valence electrons. The summed E-state index contributed by atoms with van der Waals surface area (Å²) in [5.41, 5.74) is 0.359. The molecule has 0 atom stereocenters. The molecule has 0 bridgehead atoms. The number of nitrogens with one attached hydrogen (secondary N) is 1. The van der Waals surface area contributed by atoms with Gasteiger partial charge >= 0.3 is 25.1 Å². The first-order chi connectivity index (χ1) is 13.5. The van der Waals surface area contributed by atoms with Crippen LogP contribution in [0, 0.1) is 0 Å². The lowest BCUT2D eigenvalue weighted by Gasteiger charge is -2.41. The lowest BCUT2D eigenvalue weighted by molar-refractivity contribution is 0.130. The monoisotopic (exact) mass is 510 g/mol. The standard InChI is InChI=1S/C9H21NO2Si.C8H19NOSi.C2H6O2Si2.CH4/c1-9(2,3)10-7-6-8-13(10,11-4)12-5;1-8(2,3)9-6-5-7-11(4)10;1-5(3)6(2)4;/h6-8H2,1-5H3;9H,5-7H2,1-4H3;1-2H3;1H4. The first-order valence-electron chi connectivity index (χ1n) is 10.7. The zero-order valence-electron chi connectivity index (χ0n) is 21.2. The molecule has 0 aromatic carbocycles. The zero-order chi connectivity index (χ0) is 24.2. The van der Waals surface area contributed by atoms with E-state index in [1.165, 1.54) is 19.5 Å². The van der Waals surface area contributed by atoms with Gasteiger partial charge in [-0.2, -0.15) is 0 Å². The fraction of sp³-hybridized carbons (Fsp3) is 1.00. The van der Waals surface area contributed by atoms with E-state index in [9.17, 15) is 13.4 Å². The van der Waals surface area contributed by atoms with Crippen molar-refractivity contribution in [1.29, 1.82) is 0 Å². The molecule has 0 aliphatic carbocycles. The minimum atomic E-state index is -2.01. The van der Waals surface area contributed by atoms with Crippen molar-refractivity contribution < 1.29 is 22.2 Å². The van der Waals surface area contributed by atoms with Gasteiger partial charge in [-0.1, -0.05) is 7.43 Å². The van der Waals surface area contributed by atoms with E-state index in [0.29, 0.717) is 0 Å². The molecule has 1 rings (SSSR count). The highest BCUT2D eigenvalue weighted by Gasteiger charge is 2.51. The van der Waals surface area contributed by atoms with Crippen LogP contribution in [0.3, 0.4) is 0 Å². The molecular weight excluding hydrogens is 461 g/mol. The molecule has 1 aliphatic heterocycles. The number of nitrogens with zero attached hydrogens (tertiary/aromatic N) is 1. The Labute approximate surface area is 197 Å². The number of rotatable bonds is 7. The fourth-order valence-electron chi connectivity index (χ4n) is 2.92. The SMILES string of the molecule is C.CO[Si]1(OC)CCCN1C(C)(C)C.C[Si](=O)CCCNC(C)(C)C.C[Si](=O)[Si](C)=O. The van der Waals surface area contributed by atoms with Gasteiger partial charge < -0.3 is 27.6 Å². The fourth-order valence-corrected chi connectivity index (χ4v) is 7.01. The van der Waals surface area contributed by atoms with Gasteiger partial charge in [0.05, 0.1) is 0 Å². The molecule has 31 heavy (non-hydrogen) atoms. The van der Waals surface area contributed by atoms with Crippen LogP contribution < -0.4 is 5.32 Å². The Hall–Kier alpha value is 0.108. The maximum Gasteiger partial charge on any atom is 0.427 e. The maximum atomic E-state index is 10.7. The topological polar surface area (TPSA) is 84.9 Å². The first kappa shape index (κ1) is 35.7. The predicted octanol–water partition coefficient (Wildman–Crippen LogP) is 4.34. The van der Waals surface area contributed by atoms with E-state index < -0.39 is 33.8 Å². The first-order valence-corrected chi connectivity index (χ1v) is 19.6. The summed E-state index contributed by atoms with van der Waals surface area (Å²) in [4.78, 5) is 0. The van der Waals surface area contributed by atoms with Gasteiger partial charge in [0.1, 0.15) is 0 Å². The molecule has 0 radical (unpaired) electrons. The highest BCUT2D eigenvalue weighted by Crippen LogP contribution is 2.33. The van der Waals surface area contributed by atoms with E-state index in [2.05, 4.69) is 51.4 Å². The Bertz CT molecular complexity index is 533. The van der Waals surface area contributed by atoms with Crippen LogP contribution in [0.15, 0.2) is 0 Å². The third kappa shape index (κ3) is 17.3. The molecule has 0 aromatic rings. The summed E-state index contributed by atoms with van der Waals surface area (Å²) >= 11 is 0. The summed E-state index contributed by atoms with van der Waals surface area (Å²) in [6.07, 6.45) is 2.23. The van der Waals surface area contributed by atoms with Crippen LogP contribution >= 0.6 is 0 Å². The normalized spacial score (nSPS) is 15.6. The maximum absolute atomic E-state index is 10.7. The van der Waals surface area contributed by atoms with Crippen LogP contribution in [0.2, 0.25) is 31.7 Å². The van der Waals surface area contributed by atoms with Gasteiger partial charge in [-0.3, -0.25) is 4.57 Å². The predicted molar refractivity (Wildman–Crippen MR) is 136 cm³/mol. The summed E-state index contributed by atoms with van der Waals surface area (Å²) < 4.78 is 44.5. The second-order valence-electron chi connectivity index (χ2n) is 9.64. The largest absolute Gasteiger partial charge is 0.427 e. The van der Waals surface area contributed by atoms with Gasteiger partial charge in [0, 0.05) is 31.3 Å². The highest BCUT2D eigenvalue weighted by molar-refractivity contribution is 7.06. The van der Waals surface area contributed by atoms with Gasteiger partial charge in [0.2, 0.25) is 0 Å². The van der Waals surface area contributed by atoms with E-state index in [1.54, 1.807) is 14.2 Å². The van der Waals surface area contributed by atoms with Crippen molar-refractivity contribution in [2.24, 2.45) is 0 Å². The molecule has 0 saturated carbocycles. The van der Waals surface area contributed by atoms with Crippen molar-refractivity contribution in [3.63, 3.8) is 0 Å². The Morgan fingerprint density at radius 2 is 1.39 bits per heavy atom. The zero-order valence-corrected chi connectivity index (χ0v) is 25.2. The van der Waals surface area contributed by atoms with Gasteiger partial charge in [0.25, 0.3) is 8.68 Å². The van der Waals surface area contributed by atoms with Crippen LogP contribution in [-0.4, -0.2) is 76.8 Å². The average molecular weight is 511 g/mol. The van der Waals surface area contributed by atoms with Gasteiger partial charge in [-0.25, -0.2) is 0 Å². The molecule has 7 nitrogen and oxygen atoms in total. The average Bonchev–Trinajstić information content (AvgIpc) is 3.04. The van der Waals surface area contributed by atoms with Crippen LogP contribution in [-0.2, 0) is 22.2 Å². The quantitative estimate of drug-likeness (QED) is 0.403. The third-order valence-corrected chi connectivity index (χ3v) is 13.6. The molecule has 1 saturated heterocycles. The van der Waals surface area contributed by atoms with E-state index in [0.717, 1.165) is 31.6 Å². The molecule has 1 N–H and O–H groups in total. The van der Waals surface area contributed by atoms with Crippen molar-refractivity contribution in [3.8, 4) is 0 Å². The Morgan fingerprint density at radius 3 is 1.65 bits per heavy atom. The molecule has 1 heterocycles. The van der Waals surface area contributed by atoms with E-state index in [4.69, 9.17) is 8.85 Å². The van der Waals surface area contributed by atoms with Gasteiger partial charge in [-0.15, -0.1) is 0 Å². The van der Waals surface area contributed by atoms with Crippen molar-refractivity contribution in [2.75, 3.05) is 27.3 Å². The van der Waals surface area contributed by atoms with Crippen LogP contribution in [0.25, 0.3) is 0 Å².